The van der Waals surface area contributed by atoms with E-state index in [1.807, 2.05) is 43.4 Å². The van der Waals surface area contributed by atoms with E-state index in [0.717, 1.165) is 16.5 Å². The summed E-state index contributed by atoms with van der Waals surface area (Å²) < 4.78 is 10.1. The summed E-state index contributed by atoms with van der Waals surface area (Å²) in [5.74, 6) is 0.798. The number of carbonyl (C=O) groups excluding carboxylic acids is 1. The van der Waals surface area contributed by atoms with Gasteiger partial charge in [0.2, 0.25) is 0 Å². The van der Waals surface area contributed by atoms with Crippen molar-refractivity contribution in [2.45, 2.75) is 38.0 Å². The van der Waals surface area contributed by atoms with E-state index < -0.39 is 5.97 Å². The summed E-state index contributed by atoms with van der Waals surface area (Å²) in [4.78, 5) is 19.2. The zero-order valence-corrected chi connectivity index (χ0v) is 19.6. The molecule has 7 heteroatoms. The van der Waals surface area contributed by atoms with E-state index >= 15 is 0 Å². The highest BCUT2D eigenvalue weighted by molar-refractivity contribution is 7.13. The van der Waals surface area contributed by atoms with Gasteiger partial charge in [0, 0.05) is 29.7 Å². The zero-order chi connectivity index (χ0) is 22.5. The molecule has 0 saturated heterocycles. The van der Waals surface area contributed by atoms with Crippen LogP contribution in [0.4, 0.5) is 22.2 Å². The molecule has 2 aromatic carbocycles. The fourth-order valence-corrected chi connectivity index (χ4v) is 4.98. The summed E-state index contributed by atoms with van der Waals surface area (Å²) in [5.41, 5.74) is 4.26. The van der Waals surface area contributed by atoms with Gasteiger partial charge in [0.05, 0.1) is 31.2 Å². The average Bonchev–Trinajstić information content (AvgIpc) is 3.35. The second kappa shape index (κ2) is 10.0. The standard InChI is InChI=1S/C25H29N3O3S/c1-28(25-27-23(16-32-25)17-7-5-4-6-8-17)19-11-9-18(10-12-19)26-22-14-13-20(30-2)15-21(22)24(29)31-3/h9-17,26H,4-8H2,1-3H3. The van der Waals surface area contributed by atoms with Crippen LogP contribution in [0.15, 0.2) is 47.8 Å². The Morgan fingerprint density at radius 3 is 2.53 bits per heavy atom. The van der Waals surface area contributed by atoms with Crippen LogP contribution in [-0.2, 0) is 4.74 Å². The van der Waals surface area contributed by atoms with Crippen molar-refractivity contribution in [2.24, 2.45) is 0 Å². The molecule has 168 valence electrons. The third-order valence-corrected chi connectivity index (χ3v) is 6.92. The van der Waals surface area contributed by atoms with Gasteiger partial charge < -0.3 is 19.7 Å². The summed E-state index contributed by atoms with van der Waals surface area (Å²) in [6, 6.07) is 13.4. The largest absolute Gasteiger partial charge is 0.497 e. The van der Waals surface area contributed by atoms with Gasteiger partial charge in [0.15, 0.2) is 5.13 Å². The molecule has 4 rings (SSSR count). The maximum Gasteiger partial charge on any atom is 0.340 e. The Labute approximate surface area is 193 Å². The minimum Gasteiger partial charge on any atom is -0.497 e. The number of hydrogen-bond acceptors (Lipinski definition) is 7. The predicted molar refractivity (Wildman–Crippen MR) is 130 cm³/mol. The summed E-state index contributed by atoms with van der Waals surface area (Å²) in [7, 11) is 4.98. The first-order chi connectivity index (χ1) is 15.6. The number of ether oxygens (including phenoxy) is 2. The molecule has 1 fully saturated rings. The van der Waals surface area contributed by atoms with E-state index in [9.17, 15) is 4.79 Å². The van der Waals surface area contributed by atoms with E-state index in [4.69, 9.17) is 14.5 Å². The second-order valence-corrected chi connectivity index (χ2v) is 8.86. The smallest absolute Gasteiger partial charge is 0.340 e. The van der Waals surface area contributed by atoms with Gasteiger partial charge in [-0.2, -0.15) is 0 Å². The molecule has 1 heterocycles. The summed E-state index contributed by atoms with van der Waals surface area (Å²) >= 11 is 1.70. The molecule has 6 nitrogen and oxygen atoms in total. The van der Waals surface area contributed by atoms with Gasteiger partial charge in [-0.25, -0.2) is 9.78 Å². The lowest BCUT2D eigenvalue weighted by molar-refractivity contribution is 0.0601. The highest BCUT2D eigenvalue weighted by atomic mass is 32.1. The van der Waals surface area contributed by atoms with E-state index in [1.165, 1.54) is 44.9 Å². The zero-order valence-electron chi connectivity index (χ0n) is 18.8. The van der Waals surface area contributed by atoms with E-state index in [2.05, 4.69) is 15.6 Å². The number of aromatic nitrogens is 1. The number of nitrogens with one attached hydrogen (secondary N) is 1. The van der Waals surface area contributed by atoms with Crippen molar-refractivity contribution < 1.29 is 14.3 Å². The van der Waals surface area contributed by atoms with Crippen LogP contribution >= 0.6 is 11.3 Å². The SMILES string of the molecule is COC(=O)c1cc(OC)ccc1Nc1ccc(N(C)c2nc(C3CCCCC3)cs2)cc1. The van der Waals surface area contributed by atoms with Gasteiger partial charge >= 0.3 is 5.97 Å². The number of carbonyl (C=O) groups is 1. The van der Waals surface area contributed by atoms with Crippen molar-refractivity contribution in [3.8, 4) is 5.75 Å². The lowest BCUT2D eigenvalue weighted by atomic mass is 9.87. The van der Waals surface area contributed by atoms with Gasteiger partial charge in [-0.15, -0.1) is 11.3 Å². The van der Waals surface area contributed by atoms with Gasteiger partial charge in [-0.05, 0) is 55.3 Å². The Kier molecular flexibility index (Phi) is 6.95. The molecule has 0 bridgehead atoms. The van der Waals surface area contributed by atoms with Gasteiger partial charge in [0.25, 0.3) is 0 Å². The minimum atomic E-state index is -0.416. The number of thiazole rings is 1. The molecule has 1 N–H and O–H groups in total. The summed E-state index contributed by atoms with van der Waals surface area (Å²) in [6.07, 6.45) is 6.49. The van der Waals surface area contributed by atoms with Crippen molar-refractivity contribution >= 4 is 39.5 Å². The highest BCUT2D eigenvalue weighted by Crippen LogP contribution is 2.36. The molecular weight excluding hydrogens is 422 g/mol. The van der Waals surface area contributed by atoms with Crippen molar-refractivity contribution in [3.05, 3.63) is 59.1 Å². The van der Waals surface area contributed by atoms with E-state index in [-0.39, 0.29) is 0 Å². The van der Waals surface area contributed by atoms with Crippen LogP contribution < -0.4 is 15.0 Å². The van der Waals surface area contributed by atoms with Crippen LogP contribution in [0.3, 0.4) is 0 Å². The third kappa shape index (κ3) is 4.88. The fourth-order valence-electron chi connectivity index (χ4n) is 4.09. The number of esters is 1. The van der Waals surface area contributed by atoms with Crippen molar-refractivity contribution in [1.82, 2.24) is 4.98 Å². The summed E-state index contributed by atoms with van der Waals surface area (Å²) in [6.45, 7) is 0. The van der Waals surface area contributed by atoms with Crippen molar-refractivity contribution in [2.75, 3.05) is 31.5 Å². The molecule has 0 aliphatic heterocycles. The molecule has 3 aromatic rings. The Morgan fingerprint density at radius 2 is 1.84 bits per heavy atom. The van der Waals surface area contributed by atoms with Gasteiger partial charge in [-0.1, -0.05) is 19.3 Å². The molecule has 0 radical (unpaired) electrons. The average molecular weight is 452 g/mol. The quantitative estimate of drug-likeness (QED) is 0.414. The molecule has 32 heavy (non-hydrogen) atoms. The number of hydrogen-bond donors (Lipinski definition) is 1. The Bertz CT molecular complexity index is 1060. The number of rotatable bonds is 7. The molecule has 1 aliphatic rings. The minimum absolute atomic E-state index is 0.416. The van der Waals surface area contributed by atoms with Crippen LogP contribution in [-0.4, -0.2) is 32.2 Å². The third-order valence-electron chi connectivity index (χ3n) is 5.99. The van der Waals surface area contributed by atoms with Crippen LogP contribution in [0.2, 0.25) is 0 Å². The fraction of sp³-hybridized carbons (Fsp3) is 0.360. The first kappa shape index (κ1) is 22.1. The maximum absolute atomic E-state index is 12.2. The van der Waals surface area contributed by atoms with Crippen molar-refractivity contribution in [1.29, 1.82) is 0 Å². The first-order valence-electron chi connectivity index (χ1n) is 10.9. The van der Waals surface area contributed by atoms with E-state index in [0.29, 0.717) is 22.9 Å². The number of nitrogens with zero attached hydrogens (tertiary/aromatic N) is 2. The van der Waals surface area contributed by atoms with Crippen LogP contribution in [0.1, 0.15) is 54.1 Å². The maximum atomic E-state index is 12.2. The second-order valence-electron chi connectivity index (χ2n) is 8.02. The molecule has 1 aliphatic carbocycles. The molecule has 0 spiro atoms. The normalized spacial score (nSPS) is 14.1. The van der Waals surface area contributed by atoms with Crippen molar-refractivity contribution in [3.63, 3.8) is 0 Å². The molecule has 0 amide bonds. The van der Waals surface area contributed by atoms with Crippen LogP contribution in [0.5, 0.6) is 5.75 Å². The first-order valence-corrected chi connectivity index (χ1v) is 11.8. The molecule has 1 saturated carbocycles. The van der Waals surface area contributed by atoms with Crippen LogP contribution in [0.25, 0.3) is 0 Å². The summed E-state index contributed by atoms with van der Waals surface area (Å²) in [5, 5.41) is 6.53. The predicted octanol–water partition coefficient (Wildman–Crippen LogP) is 6.50. The Balaban J connectivity index is 1.48. The number of methoxy groups -OCH3 is 2. The van der Waals surface area contributed by atoms with E-state index in [1.54, 1.807) is 24.5 Å². The van der Waals surface area contributed by atoms with Gasteiger partial charge in [0.1, 0.15) is 5.75 Å². The lowest BCUT2D eigenvalue weighted by Gasteiger charge is -2.20. The number of anilines is 4. The lowest BCUT2D eigenvalue weighted by Crippen LogP contribution is -2.10. The Hall–Kier alpha value is -3.06. The number of benzene rings is 2. The van der Waals surface area contributed by atoms with Crippen LogP contribution in [0, 0.1) is 0 Å². The molecule has 0 unspecified atom stereocenters. The topological polar surface area (TPSA) is 63.7 Å². The Morgan fingerprint density at radius 1 is 1.09 bits per heavy atom. The highest BCUT2D eigenvalue weighted by Gasteiger charge is 2.19. The molecular formula is C25H29N3O3S. The van der Waals surface area contributed by atoms with Gasteiger partial charge in [-0.3, -0.25) is 0 Å². The molecule has 0 atom stereocenters. The molecule has 1 aromatic heterocycles. The monoisotopic (exact) mass is 451 g/mol.